The minimum Gasteiger partial charge on any atom is -0.368 e. The Morgan fingerprint density at radius 1 is 1.24 bits per heavy atom. The van der Waals surface area contributed by atoms with Crippen LogP contribution in [0.25, 0.3) is 0 Å². The van der Waals surface area contributed by atoms with Gasteiger partial charge in [0.05, 0.1) is 5.69 Å². The summed E-state index contributed by atoms with van der Waals surface area (Å²) in [6.45, 7) is 4.87. The van der Waals surface area contributed by atoms with E-state index in [-0.39, 0.29) is 11.9 Å². The lowest BCUT2D eigenvalue weighted by Gasteiger charge is -2.34. The molecule has 0 bridgehead atoms. The van der Waals surface area contributed by atoms with Gasteiger partial charge in [-0.1, -0.05) is 38.8 Å². The van der Waals surface area contributed by atoms with Crippen LogP contribution < -0.4 is 10.6 Å². The number of nitrogens with two attached hydrogens (primary N) is 1. The van der Waals surface area contributed by atoms with Crippen molar-refractivity contribution in [1.29, 1.82) is 0 Å². The molecule has 0 aliphatic carbocycles. The van der Waals surface area contributed by atoms with Crippen LogP contribution in [0.2, 0.25) is 0 Å². The normalized spacial score (nSPS) is 12.8. The average Bonchev–Trinajstić information content (AvgIpc) is 2.35. The molecule has 2 nitrogen and oxygen atoms in total. The van der Waals surface area contributed by atoms with Gasteiger partial charge in [-0.25, -0.2) is 4.39 Å². The molecule has 0 spiro atoms. The first-order valence-electron chi connectivity index (χ1n) is 6.33. The highest BCUT2D eigenvalue weighted by Gasteiger charge is 2.23. The van der Waals surface area contributed by atoms with Gasteiger partial charge in [0.15, 0.2) is 0 Å². The van der Waals surface area contributed by atoms with Gasteiger partial charge >= 0.3 is 0 Å². The van der Waals surface area contributed by atoms with E-state index in [1.54, 1.807) is 12.1 Å². The fourth-order valence-electron chi connectivity index (χ4n) is 2.42. The molecule has 0 saturated carbocycles. The molecule has 2 N–H and O–H groups in total. The van der Waals surface area contributed by atoms with Crippen LogP contribution in [-0.2, 0) is 0 Å². The molecule has 1 unspecified atom stereocenters. The maximum absolute atomic E-state index is 13.7. The average molecular weight is 238 g/mol. The van der Waals surface area contributed by atoms with Crippen LogP contribution in [0.4, 0.5) is 10.1 Å². The van der Waals surface area contributed by atoms with E-state index in [0.717, 1.165) is 12.8 Å². The molecular formula is C14H23FN2. The van der Waals surface area contributed by atoms with Crippen LogP contribution in [0, 0.1) is 11.7 Å². The van der Waals surface area contributed by atoms with E-state index in [1.165, 1.54) is 6.07 Å². The minimum absolute atomic E-state index is 0.181. The van der Waals surface area contributed by atoms with E-state index in [4.69, 9.17) is 5.73 Å². The van der Waals surface area contributed by atoms with Crippen molar-refractivity contribution in [2.24, 2.45) is 11.7 Å². The topological polar surface area (TPSA) is 29.3 Å². The summed E-state index contributed by atoms with van der Waals surface area (Å²) in [4.78, 5) is 1.98. The van der Waals surface area contributed by atoms with Gasteiger partial charge in [-0.3, -0.25) is 0 Å². The Morgan fingerprint density at radius 3 is 2.29 bits per heavy atom. The number of anilines is 1. The quantitative estimate of drug-likeness (QED) is 0.825. The molecule has 0 heterocycles. The van der Waals surface area contributed by atoms with E-state index in [9.17, 15) is 4.39 Å². The summed E-state index contributed by atoms with van der Waals surface area (Å²) in [6.07, 6.45) is 2.13. The number of nitrogens with zero attached hydrogens (tertiary/aromatic N) is 1. The lowest BCUT2D eigenvalue weighted by atomic mass is 9.93. The van der Waals surface area contributed by atoms with Gasteiger partial charge < -0.3 is 10.6 Å². The molecule has 1 rings (SSSR count). The van der Waals surface area contributed by atoms with Crippen molar-refractivity contribution in [3.63, 3.8) is 0 Å². The van der Waals surface area contributed by atoms with Crippen molar-refractivity contribution < 1.29 is 4.39 Å². The molecule has 96 valence electrons. The first-order valence-corrected chi connectivity index (χ1v) is 6.33. The van der Waals surface area contributed by atoms with Crippen molar-refractivity contribution in [3.8, 4) is 0 Å². The second-order valence-electron chi connectivity index (χ2n) is 4.44. The Balaban J connectivity index is 2.93. The predicted molar refractivity (Wildman–Crippen MR) is 71.7 cm³/mol. The Hall–Kier alpha value is -1.09. The van der Waals surface area contributed by atoms with Crippen molar-refractivity contribution in [2.75, 3.05) is 18.5 Å². The second-order valence-corrected chi connectivity index (χ2v) is 4.44. The minimum atomic E-state index is -0.181. The van der Waals surface area contributed by atoms with Crippen molar-refractivity contribution in [1.82, 2.24) is 0 Å². The zero-order chi connectivity index (χ0) is 12.8. The van der Waals surface area contributed by atoms with Gasteiger partial charge in [0.2, 0.25) is 0 Å². The molecule has 3 heteroatoms. The van der Waals surface area contributed by atoms with Crippen LogP contribution in [0.5, 0.6) is 0 Å². The first-order chi connectivity index (χ1) is 8.15. The molecule has 0 amide bonds. The van der Waals surface area contributed by atoms with Gasteiger partial charge in [0.25, 0.3) is 0 Å². The monoisotopic (exact) mass is 238 g/mol. The van der Waals surface area contributed by atoms with Gasteiger partial charge in [0, 0.05) is 19.6 Å². The molecule has 1 aromatic rings. The molecule has 0 aliphatic rings. The number of para-hydroxylation sites is 1. The molecule has 0 saturated heterocycles. The zero-order valence-electron chi connectivity index (χ0n) is 11.0. The second kappa shape index (κ2) is 6.60. The van der Waals surface area contributed by atoms with Gasteiger partial charge in [0.1, 0.15) is 5.82 Å². The van der Waals surface area contributed by atoms with Crippen LogP contribution >= 0.6 is 0 Å². The molecule has 17 heavy (non-hydrogen) atoms. The molecule has 1 atom stereocenters. The Bertz CT molecular complexity index is 337. The third-order valence-electron chi connectivity index (χ3n) is 3.56. The summed E-state index contributed by atoms with van der Waals surface area (Å²) < 4.78 is 13.7. The summed E-state index contributed by atoms with van der Waals surface area (Å²) in [6, 6.07) is 7.06. The summed E-state index contributed by atoms with van der Waals surface area (Å²) in [7, 11) is 1.92. The highest BCUT2D eigenvalue weighted by molar-refractivity contribution is 5.48. The van der Waals surface area contributed by atoms with E-state index in [1.807, 2.05) is 18.0 Å². The smallest absolute Gasteiger partial charge is 0.146 e. The van der Waals surface area contributed by atoms with E-state index in [2.05, 4.69) is 13.8 Å². The first kappa shape index (κ1) is 14.0. The van der Waals surface area contributed by atoms with E-state index >= 15 is 0 Å². The summed E-state index contributed by atoms with van der Waals surface area (Å²) in [5, 5.41) is 0. The fraction of sp³-hybridized carbons (Fsp3) is 0.571. The van der Waals surface area contributed by atoms with Crippen molar-refractivity contribution in [3.05, 3.63) is 30.1 Å². The SMILES string of the molecule is CCC(CC)C(CN)N(C)c1ccccc1F. The van der Waals surface area contributed by atoms with E-state index in [0.29, 0.717) is 18.2 Å². The maximum Gasteiger partial charge on any atom is 0.146 e. The number of rotatable bonds is 6. The maximum atomic E-state index is 13.7. The van der Waals surface area contributed by atoms with Crippen LogP contribution in [0.1, 0.15) is 26.7 Å². The lowest BCUT2D eigenvalue weighted by molar-refractivity contribution is 0.386. The van der Waals surface area contributed by atoms with Crippen LogP contribution in [-0.4, -0.2) is 19.6 Å². The molecular weight excluding hydrogens is 215 g/mol. The summed E-state index contributed by atoms with van der Waals surface area (Å²) in [5.41, 5.74) is 6.48. The highest BCUT2D eigenvalue weighted by Crippen LogP contribution is 2.24. The third kappa shape index (κ3) is 3.19. The number of hydrogen-bond donors (Lipinski definition) is 1. The van der Waals surface area contributed by atoms with Gasteiger partial charge in [-0.15, -0.1) is 0 Å². The molecule has 1 aromatic carbocycles. The molecule has 0 radical (unpaired) electrons. The third-order valence-corrected chi connectivity index (χ3v) is 3.56. The highest BCUT2D eigenvalue weighted by atomic mass is 19.1. The fourth-order valence-corrected chi connectivity index (χ4v) is 2.42. The molecule has 0 fully saturated rings. The predicted octanol–water partition coefficient (Wildman–Crippen LogP) is 3.03. The molecule has 0 aliphatic heterocycles. The number of likely N-dealkylation sites (N-methyl/N-ethyl adjacent to an activating group) is 1. The van der Waals surface area contributed by atoms with Gasteiger partial charge in [-0.2, -0.15) is 0 Å². The van der Waals surface area contributed by atoms with Crippen molar-refractivity contribution in [2.45, 2.75) is 32.7 Å². The number of benzene rings is 1. The lowest BCUT2D eigenvalue weighted by Crippen LogP contribution is -2.43. The van der Waals surface area contributed by atoms with E-state index < -0.39 is 0 Å². The standard InChI is InChI=1S/C14H23FN2/c1-4-11(5-2)14(10-16)17(3)13-9-7-6-8-12(13)15/h6-9,11,14H,4-5,10,16H2,1-3H3. The summed E-state index contributed by atoms with van der Waals surface area (Å²) >= 11 is 0. The van der Waals surface area contributed by atoms with Gasteiger partial charge in [-0.05, 0) is 18.1 Å². The molecule has 0 aromatic heterocycles. The zero-order valence-corrected chi connectivity index (χ0v) is 11.0. The summed E-state index contributed by atoms with van der Waals surface area (Å²) in [5.74, 6) is 0.323. The number of hydrogen-bond acceptors (Lipinski definition) is 2. The Labute approximate surface area is 104 Å². The number of halogens is 1. The van der Waals surface area contributed by atoms with Crippen LogP contribution in [0.15, 0.2) is 24.3 Å². The van der Waals surface area contributed by atoms with Crippen molar-refractivity contribution >= 4 is 5.69 Å². The largest absolute Gasteiger partial charge is 0.368 e. The van der Waals surface area contributed by atoms with Crippen LogP contribution in [0.3, 0.4) is 0 Å². The Kier molecular flexibility index (Phi) is 5.42. The Morgan fingerprint density at radius 2 is 1.82 bits per heavy atom.